The Labute approximate surface area is 135 Å². The molecule has 6 nitrogen and oxygen atoms in total. The molecule has 0 aliphatic heterocycles. The Bertz CT molecular complexity index is 742. The molecule has 6 heteroatoms. The first kappa shape index (κ1) is 16.7. The van der Waals surface area contributed by atoms with Crippen molar-refractivity contribution in [1.29, 1.82) is 0 Å². The minimum Gasteiger partial charge on any atom is -0.328 e. The van der Waals surface area contributed by atoms with Crippen molar-refractivity contribution in [2.24, 2.45) is 0 Å². The maximum Gasteiger partial charge on any atom is 0.276 e. The average molecular weight is 314 g/mol. The van der Waals surface area contributed by atoms with Crippen LogP contribution in [-0.4, -0.2) is 22.1 Å². The quantitative estimate of drug-likeness (QED) is 0.852. The van der Waals surface area contributed by atoms with Crippen molar-refractivity contribution in [2.45, 2.75) is 40.2 Å². The van der Waals surface area contributed by atoms with Crippen molar-refractivity contribution < 1.29 is 9.59 Å². The van der Waals surface area contributed by atoms with Crippen molar-refractivity contribution >= 4 is 23.7 Å². The zero-order valence-electron chi connectivity index (χ0n) is 14.1. The number of benzene rings is 1. The minimum absolute atomic E-state index is 0.187. The summed E-state index contributed by atoms with van der Waals surface area (Å²) >= 11 is 0. The zero-order chi connectivity index (χ0) is 17.2. The van der Waals surface area contributed by atoms with Gasteiger partial charge in [-0.3, -0.25) is 14.3 Å². The van der Waals surface area contributed by atoms with Gasteiger partial charge in [-0.2, -0.15) is 5.10 Å². The molecule has 0 bridgehead atoms. The van der Waals surface area contributed by atoms with E-state index in [2.05, 4.69) is 15.7 Å². The molecule has 122 valence electrons. The molecule has 2 amide bonds. The van der Waals surface area contributed by atoms with Crippen LogP contribution in [0.4, 0.5) is 11.4 Å². The average Bonchev–Trinajstić information content (AvgIpc) is 2.85. The third-order valence-corrected chi connectivity index (χ3v) is 3.47. The monoisotopic (exact) mass is 314 g/mol. The number of hydrogen-bond acceptors (Lipinski definition) is 3. The van der Waals surface area contributed by atoms with Crippen LogP contribution in [0, 0.1) is 13.8 Å². The van der Waals surface area contributed by atoms with E-state index >= 15 is 0 Å². The molecule has 1 aromatic heterocycles. The van der Waals surface area contributed by atoms with Gasteiger partial charge in [0.25, 0.3) is 5.91 Å². The molecular weight excluding hydrogens is 292 g/mol. The second kappa shape index (κ2) is 6.24. The number of nitrogens with zero attached hydrogens (tertiary/aromatic N) is 2. The standard InChI is InChI=1S/C17H22N4O2/c1-11-6-7-13(9-14(11)18-10-22)19-16(23)15-8-12(2)21(20-15)17(3,4)5/h6-10H,1-5H3,(H,18,22)(H,19,23). The van der Waals surface area contributed by atoms with Crippen molar-refractivity contribution in [3.05, 3.63) is 41.2 Å². The van der Waals surface area contributed by atoms with Crippen LogP contribution in [0.2, 0.25) is 0 Å². The lowest BCUT2D eigenvalue weighted by molar-refractivity contribution is -0.105. The largest absolute Gasteiger partial charge is 0.328 e. The number of nitrogens with one attached hydrogen (secondary N) is 2. The second-order valence-corrected chi connectivity index (χ2v) is 6.50. The highest BCUT2D eigenvalue weighted by molar-refractivity contribution is 6.03. The van der Waals surface area contributed by atoms with Crippen molar-refractivity contribution in [3.8, 4) is 0 Å². The van der Waals surface area contributed by atoms with Crippen molar-refractivity contribution in [1.82, 2.24) is 9.78 Å². The van der Waals surface area contributed by atoms with Gasteiger partial charge in [0, 0.05) is 17.1 Å². The third-order valence-electron chi connectivity index (χ3n) is 3.47. The van der Waals surface area contributed by atoms with E-state index in [1.807, 2.05) is 45.4 Å². The Morgan fingerprint density at radius 1 is 1.22 bits per heavy atom. The molecule has 0 saturated heterocycles. The highest BCUT2D eigenvalue weighted by atomic mass is 16.2. The first-order chi connectivity index (χ1) is 10.7. The van der Waals surface area contributed by atoms with E-state index in [1.54, 1.807) is 18.2 Å². The van der Waals surface area contributed by atoms with Crippen LogP contribution in [-0.2, 0) is 10.3 Å². The van der Waals surface area contributed by atoms with Crippen LogP contribution in [0.25, 0.3) is 0 Å². The first-order valence-electron chi connectivity index (χ1n) is 7.41. The van der Waals surface area contributed by atoms with Crippen LogP contribution < -0.4 is 10.6 Å². The maximum absolute atomic E-state index is 12.4. The van der Waals surface area contributed by atoms with Crippen LogP contribution in [0.15, 0.2) is 24.3 Å². The molecule has 1 heterocycles. The van der Waals surface area contributed by atoms with Gasteiger partial charge in [0.1, 0.15) is 0 Å². The third kappa shape index (κ3) is 3.77. The topological polar surface area (TPSA) is 76.0 Å². The van der Waals surface area contributed by atoms with Gasteiger partial charge >= 0.3 is 0 Å². The molecule has 0 saturated carbocycles. The van der Waals surface area contributed by atoms with Gasteiger partial charge in [0.2, 0.25) is 6.41 Å². The fourth-order valence-electron chi connectivity index (χ4n) is 2.38. The molecule has 2 N–H and O–H groups in total. The summed E-state index contributed by atoms with van der Waals surface area (Å²) in [5.74, 6) is -0.281. The van der Waals surface area contributed by atoms with E-state index < -0.39 is 0 Å². The number of rotatable bonds is 4. The first-order valence-corrected chi connectivity index (χ1v) is 7.41. The smallest absolute Gasteiger partial charge is 0.276 e. The molecule has 1 aromatic carbocycles. The van der Waals surface area contributed by atoms with Gasteiger partial charge < -0.3 is 10.6 Å². The minimum atomic E-state index is -0.281. The predicted octanol–water partition coefficient (Wildman–Crippen LogP) is 3.08. The molecular formula is C17H22N4O2. The highest BCUT2D eigenvalue weighted by Gasteiger charge is 2.20. The van der Waals surface area contributed by atoms with E-state index in [0.29, 0.717) is 23.5 Å². The lowest BCUT2D eigenvalue weighted by atomic mass is 10.1. The Hall–Kier alpha value is -2.63. The summed E-state index contributed by atoms with van der Waals surface area (Å²) < 4.78 is 1.83. The van der Waals surface area contributed by atoms with Gasteiger partial charge in [0.15, 0.2) is 5.69 Å². The summed E-state index contributed by atoms with van der Waals surface area (Å²) in [5.41, 5.74) is 3.29. The number of anilines is 2. The summed E-state index contributed by atoms with van der Waals surface area (Å²) in [6, 6.07) is 7.10. The van der Waals surface area contributed by atoms with Gasteiger partial charge in [-0.25, -0.2) is 0 Å². The van der Waals surface area contributed by atoms with Crippen LogP contribution in [0.5, 0.6) is 0 Å². The highest BCUT2D eigenvalue weighted by Crippen LogP contribution is 2.21. The Morgan fingerprint density at radius 2 is 1.91 bits per heavy atom. The Kier molecular flexibility index (Phi) is 4.54. The summed E-state index contributed by atoms with van der Waals surface area (Å²) in [6.07, 6.45) is 0.613. The molecule has 0 aliphatic carbocycles. The molecule has 2 aromatic rings. The number of aryl methyl sites for hydroxylation is 2. The molecule has 0 spiro atoms. The van der Waals surface area contributed by atoms with E-state index in [9.17, 15) is 9.59 Å². The SMILES string of the molecule is Cc1ccc(NC(=O)c2cc(C)n(C(C)(C)C)n2)cc1NC=O. The molecule has 2 rings (SSSR count). The van der Waals surface area contributed by atoms with Gasteiger partial charge in [-0.15, -0.1) is 0 Å². The number of amides is 2. The molecule has 0 fully saturated rings. The summed E-state index contributed by atoms with van der Waals surface area (Å²) in [5, 5.41) is 9.80. The normalized spacial score (nSPS) is 11.2. The van der Waals surface area contributed by atoms with Gasteiger partial charge in [0.05, 0.1) is 5.54 Å². The second-order valence-electron chi connectivity index (χ2n) is 6.50. The Morgan fingerprint density at radius 3 is 2.48 bits per heavy atom. The summed E-state index contributed by atoms with van der Waals surface area (Å²) in [6.45, 7) is 9.91. The van der Waals surface area contributed by atoms with E-state index in [1.165, 1.54) is 0 Å². The van der Waals surface area contributed by atoms with Crippen molar-refractivity contribution in [2.75, 3.05) is 10.6 Å². The number of carbonyl (C=O) groups is 2. The summed E-state index contributed by atoms with van der Waals surface area (Å²) in [4.78, 5) is 23.0. The van der Waals surface area contributed by atoms with Crippen LogP contribution in [0.3, 0.4) is 0 Å². The fraction of sp³-hybridized carbons (Fsp3) is 0.353. The molecule has 0 atom stereocenters. The molecule has 0 unspecified atom stereocenters. The number of carbonyl (C=O) groups excluding carboxylic acids is 2. The fourth-order valence-corrected chi connectivity index (χ4v) is 2.38. The molecule has 0 aliphatic rings. The van der Waals surface area contributed by atoms with E-state index in [0.717, 1.165) is 11.3 Å². The summed E-state index contributed by atoms with van der Waals surface area (Å²) in [7, 11) is 0. The number of aromatic nitrogens is 2. The lowest BCUT2D eigenvalue weighted by Gasteiger charge is -2.21. The van der Waals surface area contributed by atoms with Crippen molar-refractivity contribution in [3.63, 3.8) is 0 Å². The van der Waals surface area contributed by atoms with Gasteiger partial charge in [-0.05, 0) is 58.4 Å². The van der Waals surface area contributed by atoms with Crippen LogP contribution >= 0.6 is 0 Å². The number of hydrogen-bond donors (Lipinski definition) is 2. The predicted molar refractivity (Wildman–Crippen MR) is 90.8 cm³/mol. The molecule has 23 heavy (non-hydrogen) atoms. The van der Waals surface area contributed by atoms with Crippen LogP contribution in [0.1, 0.15) is 42.5 Å². The Balaban J connectivity index is 2.23. The van der Waals surface area contributed by atoms with E-state index in [-0.39, 0.29) is 11.4 Å². The van der Waals surface area contributed by atoms with E-state index in [4.69, 9.17) is 0 Å². The maximum atomic E-state index is 12.4. The zero-order valence-corrected chi connectivity index (χ0v) is 14.1. The molecule has 0 radical (unpaired) electrons. The van der Waals surface area contributed by atoms with Gasteiger partial charge in [-0.1, -0.05) is 6.07 Å². The lowest BCUT2D eigenvalue weighted by Crippen LogP contribution is -2.25.